The summed E-state index contributed by atoms with van der Waals surface area (Å²) in [5.41, 5.74) is 3.18. The summed E-state index contributed by atoms with van der Waals surface area (Å²) in [4.78, 5) is 21.7. The molecule has 1 aromatic heterocycles. The number of benzene rings is 1. The fraction of sp³-hybridized carbons (Fsp3) is 0.294. The second-order valence-corrected chi connectivity index (χ2v) is 5.38. The van der Waals surface area contributed by atoms with Gasteiger partial charge in [-0.1, -0.05) is 6.07 Å². The lowest BCUT2D eigenvalue weighted by molar-refractivity contribution is -0.186. The number of hydrogen-bond donors (Lipinski definition) is 2. The van der Waals surface area contributed by atoms with Crippen LogP contribution in [-0.4, -0.2) is 23.8 Å². The van der Waals surface area contributed by atoms with Gasteiger partial charge in [-0.3, -0.25) is 4.79 Å². The van der Waals surface area contributed by atoms with Gasteiger partial charge in [0.25, 0.3) is 5.91 Å². The van der Waals surface area contributed by atoms with Crippen molar-refractivity contribution in [3.05, 3.63) is 54.0 Å². The summed E-state index contributed by atoms with van der Waals surface area (Å²) < 4.78 is 18.7. The monoisotopic (exact) mass is 331 g/mol. The van der Waals surface area contributed by atoms with Crippen molar-refractivity contribution in [3.8, 4) is 0 Å². The van der Waals surface area contributed by atoms with Crippen molar-refractivity contribution in [3.63, 3.8) is 0 Å². The molecule has 0 unspecified atom stereocenters. The molecule has 2 heterocycles. The van der Waals surface area contributed by atoms with E-state index in [9.17, 15) is 9.18 Å². The Bertz CT molecular complexity index is 705. The second-order valence-electron chi connectivity index (χ2n) is 5.38. The number of pyridine rings is 1. The molecule has 1 saturated heterocycles. The van der Waals surface area contributed by atoms with Gasteiger partial charge in [-0.15, -0.1) is 0 Å². The molecule has 1 amide bonds. The number of hydroxylamine groups is 1. The van der Waals surface area contributed by atoms with Crippen LogP contribution in [0.25, 0.3) is 0 Å². The Morgan fingerprint density at radius 2 is 2.21 bits per heavy atom. The Balaban J connectivity index is 1.67. The smallest absolute Gasteiger partial charge is 0.278 e. The van der Waals surface area contributed by atoms with Crippen molar-refractivity contribution in [1.82, 2.24) is 10.5 Å². The summed E-state index contributed by atoms with van der Waals surface area (Å²) in [5, 5.41) is 2.93. The number of anilines is 2. The fourth-order valence-corrected chi connectivity index (χ4v) is 2.37. The molecular weight excluding hydrogens is 313 g/mol. The Labute approximate surface area is 138 Å². The van der Waals surface area contributed by atoms with E-state index >= 15 is 0 Å². The summed E-state index contributed by atoms with van der Waals surface area (Å²) in [6, 6.07) is 9.17. The number of nitrogens with zero attached hydrogens (tertiary/aromatic N) is 1. The number of rotatable bonds is 5. The normalized spacial score (nSPS) is 17.3. The van der Waals surface area contributed by atoms with Crippen LogP contribution in [0, 0.1) is 5.82 Å². The third kappa shape index (κ3) is 4.27. The van der Waals surface area contributed by atoms with Crippen molar-refractivity contribution in [2.75, 3.05) is 11.9 Å². The van der Waals surface area contributed by atoms with Gasteiger partial charge in [0, 0.05) is 24.9 Å². The van der Waals surface area contributed by atoms with Gasteiger partial charge in [-0.05, 0) is 43.2 Å². The number of aromatic nitrogens is 1. The molecule has 7 heteroatoms. The van der Waals surface area contributed by atoms with Crippen LogP contribution < -0.4 is 10.8 Å². The number of amides is 1. The lowest BCUT2D eigenvalue weighted by atomic mass is 10.2. The largest absolute Gasteiger partial charge is 0.350 e. The quantitative estimate of drug-likeness (QED) is 0.824. The average Bonchev–Trinajstić information content (AvgIpc) is 2.61. The second kappa shape index (κ2) is 7.85. The van der Waals surface area contributed by atoms with E-state index in [0.29, 0.717) is 18.1 Å². The van der Waals surface area contributed by atoms with Gasteiger partial charge in [-0.2, -0.15) is 0 Å². The summed E-state index contributed by atoms with van der Waals surface area (Å²) in [5.74, 6) is -0.510. The zero-order valence-corrected chi connectivity index (χ0v) is 13.0. The van der Waals surface area contributed by atoms with Gasteiger partial charge in [0.15, 0.2) is 6.29 Å². The molecule has 2 N–H and O–H groups in total. The minimum Gasteiger partial charge on any atom is -0.350 e. The van der Waals surface area contributed by atoms with Gasteiger partial charge in [-0.25, -0.2) is 19.7 Å². The van der Waals surface area contributed by atoms with Crippen molar-refractivity contribution in [2.24, 2.45) is 0 Å². The number of halogens is 1. The molecule has 0 spiro atoms. The van der Waals surface area contributed by atoms with Gasteiger partial charge in [0.2, 0.25) is 0 Å². The highest BCUT2D eigenvalue weighted by molar-refractivity contribution is 5.98. The van der Waals surface area contributed by atoms with Crippen LogP contribution in [-0.2, 0) is 9.57 Å². The highest BCUT2D eigenvalue weighted by Gasteiger charge is 2.18. The highest BCUT2D eigenvalue weighted by Crippen LogP contribution is 2.19. The van der Waals surface area contributed by atoms with E-state index in [0.717, 1.165) is 19.3 Å². The van der Waals surface area contributed by atoms with Crippen LogP contribution in [0.15, 0.2) is 42.6 Å². The topological polar surface area (TPSA) is 72.5 Å². The molecule has 1 fully saturated rings. The van der Waals surface area contributed by atoms with Crippen LogP contribution >= 0.6 is 0 Å². The van der Waals surface area contributed by atoms with E-state index in [-0.39, 0.29) is 11.4 Å². The van der Waals surface area contributed by atoms with Crippen molar-refractivity contribution in [1.29, 1.82) is 0 Å². The van der Waals surface area contributed by atoms with Crippen LogP contribution in [0.2, 0.25) is 0 Å². The standard InChI is InChI=1S/C17H18FN3O3/c18-12-5-3-6-13(11-12)20-16-14(7-4-9-19-16)17(22)21-24-15-8-1-2-10-23-15/h3-7,9,11,15H,1-2,8,10H2,(H,19,20)(H,21,22)/t15-/m0/s1. The molecule has 0 saturated carbocycles. The summed E-state index contributed by atoms with van der Waals surface area (Å²) in [6.45, 7) is 0.625. The van der Waals surface area contributed by atoms with Crippen molar-refractivity contribution < 1.29 is 18.8 Å². The highest BCUT2D eigenvalue weighted by atomic mass is 19.1. The first-order valence-corrected chi connectivity index (χ1v) is 7.77. The molecule has 3 rings (SSSR count). The van der Waals surface area contributed by atoms with Crippen molar-refractivity contribution in [2.45, 2.75) is 25.6 Å². The van der Waals surface area contributed by atoms with Crippen LogP contribution in [0.1, 0.15) is 29.6 Å². The average molecular weight is 331 g/mol. The minimum atomic E-state index is -0.448. The zero-order valence-electron chi connectivity index (χ0n) is 13.0. The molecule has 2 aromatic rings. The lowest BCUT2D eigenvalue weighted by Gasteiger charge is -2.22. The van der Waals surface area contributed by atoms with Gasteiger partial charge in [0.05, 0.1) is 5.56 Å². The maximum atomic E-state index is 13.3. The van der Waals surface area contributed by atoms with E-state index in [2.05, 4.69) is 15.8 Å². The summed E-state index contributed by atoms with van der Waals surface area (Å²) in [6.07, 6.45) is 3.85. The number of carbonyl (C=O) groups is 1. The molecule has 24 heavy (non-hydrogen) atoms. The van der Waals surface area contributed by atoms with Gasteiger partial charge >= 0.3 is 0 Å². The van der Waals surface area contributed by atoms with E-state index in [1.807, 2.05) is 0 Å². The molecule has 1 aromatic carbocycles. The predicted octanol–water partition coefficient (Wildman–Crippen LogP) is 3.15. The molecular formula is C17H18FN3O3. The molecule has 126 valence electrons. The van der Waals surface area contributed by atoms with Gasteiger partial charge in [0.1, 0.15) is 11.6 Å². The Morgan fingerprint density at radius 3 is 3.00 bits per heavy atom. The third-order valence-electron chi connectivity index (χ3n) is 3.56. The molecule has 6 nitrogen and oxygen atoms in total. The first-order chi connectivity index (χ1) is 11.7. The van der Waals surface area contributed by atoms with E-state index in [4.69, 9.17) is 9.57 Å². The number of ether oxygens (including phenoxy) is 1. The van der Waals surface area contributed by atoms with Crippen LogP contribution in [0.4, 0.5) is 15.9 Å². The van der Waals surface area contributed by atoms with E-state index < -0.39 is 12.2 Å². The summed E-state index contributed by atoms with van der Waals surface area (Å²) >= 11 is 0. The van der Waals surface area contributed by atoms with Crippen LogP contribution in [0.5, 0.6) is 0 Å². The van der Waals surface area contributed by atoms with E-state index in [1.54, 1.807) is 30.5 Å². The summed E-state index contributed by atoms with van der Waals surface area (Å²) in [7, 11) is 0. The first kappa shape index (κ1) is 16.4. The predicted molar refractivity (Wildman–Crippen MR) is 86.1 cm³/mol. The Morgan fingerprint density at radius 1 is 1.29 bits per heavy atom. The zero-order chi connectivity index (χ0) is 16.8. The van der Waals surface area contributed by atoms with Gasteiger partial charge < -0.3 is 10.1 Å². The molecule has 1 aliphatic heterocycles. The minimum absolute atomic E-state index is 0.289. The number of hydrogen-bond acceptors (Lipinski definition) is 5. The molecule has 0 aliphatic carbocycles. The molecule has 1 aliphatic rings. The maximum absolute atomic E-state index is 13.3. The fourth-order valence-electron chi connectivity index (χ4n) is 2.37. The Hall–Kier alpha value is -2.51. The first-order valence-electron chi connectivity index (χ1n) is 7.77. The van der Waals surface area contributed by atoms with Crippen molar-refractivity contribution >= 4 is 17.4 Å². The number of carbonyl (C=O) groups excluding carboxylic acids is 1. The van der Waals surface area contributed by atoms with Crippen LogP contribution in [0.3, 0.4) is 0 Å². The lowest BCUT2D eigenvalue weighted by Crippen LogP contribution is -2.33. The Kier molecular flexibility index (Phi) is 5.35. The molecule has 0 radical (unpaired) electrons. The SMILES string of the molecule is O=C(NO[C@H]1CCCCO1)c1cccnc1Nc1cccc(F)c1. The molecule has 1 atom stereocenters. The molecule has 0 bridgehead atoms. The maximum Gasteiger partial charge on any atom is 0.278 e. The number of nitrogens with one attached hydrogen (secondary N) is 2. The van der Waals surface area contributed by atoms with E-state index in [1.165, 1.54) is 12.1 Å². The third-order valence-corrected chi connectivity index (χ3v) is 3.56.